The molecule has 0 bridgehead atoms. The van der Waals surface area contributed by atoms with E-state index in [1.807, 2.05) is 0 Å². The van der Waals surface area contributed by atoms with Crippen LogP contribution in [0.2, 0.25) is 10.0 Å². The van der Waals surface area contributed by atoms with Gasteiger partial charge in [0, 0.05) is 5.69 Å². The predicted molar refractivity (Wildman–Crippen MR) is 74.6 cm³/mol. The zero-order valence-electron chi connectivity index (χ0n) is 10.1. The second-order valence-electron chi connectivity index (χ2n) is 4.05. The summed E-state index contributed by atoms with van der Waals surface area (Å²) < 4.78 is 0. The molecule has 0 aliphatic carbocycles. The van der Waals surface area contributed by atoms with Gasteiger partial charge in [0.1, 0.15) is 6.54 Å². The number of nitrogens with zero attached hydrogens (tertiary/aromatic N) is 1. The molecule has 1 fully saturated rings. The molecule has 0 unspecified atom stereocenters. The van der Waals surface area contributed by atoms with E-state index in [1.165, 1.54) is 12.1 Å². The number of anilines is 2. The number of imide groups is 1. The Kier molecular flexibility index (Phi) is 4.01. The van der Waals surface area contributed by atoms with Crippen molar-refractivity contribution >= 4 is 52.4 Å². The molecular formula is C11H10Cl2N4O3. The first-order valence-electron chi connectivity index (χ1n) is 5.51. The standard InChI is InChI=1S/C11H10Cl2N4O3/c12-6-1-5(14)2-7(13)10(6)16-8(18)4-17-9(19)3-15-11(17)20/h1-2H,3-4,14H2,(H,15,20)(H,16,18). The Labute approximate surface area is 124 Å². The Morgan fingerprint density at radius 3 is 2.45 bits per heavy atom. The Hall–Kier alpha value is -1.99. The average Bonchev–Trinajstić information content (AvgIpc) is 2.65. The molecule has 7 nitrogen and oxygen atoms in total. The van der Waals surface area contributed by atoms with E-state index in [2.05, 4.69) is 10.6 Å². The number of hydrogen-bond acceptors (Lipinski definition) is 4. The van der Waals surface area contributed by atoms with Crippen molar-refractivity contribution in [3.8, 4) is 0 Å². The minimum atomic E-state index is -0.611. The van der Waals surface area contributed by atoms with Crippen LogP contribution in [0.4, 0.5) is 16.2 Å². The van der Waals surface area contributed by atoms with Crippen molar-refractivity contribution in [2.45, 2.75) is 0 Å². The number of carbonyl (C=O) groups excluding carboxylic acids is 3. The summed E-state index contributed by atoms with van der Waals surface area (Å²) in [5.74, 6) is -1.07. The maximum absolute atomic E-state index is 11.8. The maximum Gasteiger partial charge on any atom is 0.325 e. The van der Waals surface area contributed by atoms with Crippen LogP contribution in [0.5, 0.6) is 0 Å². The highest BCUT2D eigenvalue weighted by Gasteiger charge is 2.30. The monoisotopic (exact) mass is 316 g/mol. The fraction of sp³-hybridized carbons (Fsp3) is 0.182. The quantitative estimate of drug-likeness (QED) is 0.573. The summed E-state index contributed by atoms with van der Waals surface area (Å²) in [6, 6.07) is 2.24. The third kappa shape index (κ3) is 2.94. The second-order valence-corrected chi connectivity index (χ2v) is 4.86. The first kappa shape index (κ1) is 14.4. The number of nitrogens with two attached hydrogens (primary N) is 1. The van der Waals surface area contributed by atoms with Crippen molar-refractivity contribution < 1.29 is 14.4 Å². The molecule has 0 saturated carbocycles. The molecule has 1 aliphatic rings. The van der Waals surface area contributed by atoms with E-state index in [4.69, 9.17) is 28.9 Å². The lowest BCUT2D eigenvalue weighted by Crippen LogP contribution is -2.38. The highest BCUT2D eigenvalue weighted by Crippen LogP contribution is 2.32. The predicted octanol–water partition coefficient (Wildman–Crippen LogP) is 1.07. The van der Waals surface area contributed by atoms with Crippen molar-refractivity contribution in [1.82, 2.24) is 10.2 Å². The number of nitrogens with one attached hydrogen (secondary N) is 2. The molecule has 1 saturated heterocycles. The second kappa shape index (κ2) is 5.56. The lowest BCUT2D eigenvalue weighted by atomic mass is 10.2. The molecule has 0 radical (unpaired) electrons. The van der Waals surface area contributed by atoms with E-state index in [9.17, 15) is 14.4 Å². The van der Waals surface area contributed by atoms with E-state index >= 15 is 0 Å². The number of carbonyl (C=O) groups is 3. The Balaban J connectivity index is 2.09. The molecule has 0 spiro atoms. The first-order chi connectivity index (χ1) is 9.38. The summed E-state index contributed by atoms with van der Waals surface area (Å²) in [6.45, 7) is -0.531. The van der Waals surface area contributed by atoms with Crippen LogP contribution in [0.3, 0.4) is 0 Å². The van der Waals surface area contributed by atoms with Gasteiger partial charge in [0.2, 0.25) is 5.91 Å². The van der Waals surface area contributed by atoms with Gasteiger partial charge in [0.15, 0.2) is 0 Å². The lowest BCUT2D eigenvalue weighted by molar-refractivity contribution is -0.128. The highest BCUT2D eigenvalue weighted by atomic mass is 35.5. The van der Waals surface area contributed by atoms with E-state index in [0.717, 1.165) is 4.90 Å². The molecule has 1 aliphatic heterocycles. The van der Waals surface area contributed by atoms with E-state index in [0.29, 0.717) is 5.69 Å². The molecule has 1 aromatic rings. The topological polar surface area (TPSA) is 105 Å². The van der Waals surface area contributed by atoms with Crippen LogP contribution in [-0.2, 0) is 9.59 Å². The SMILES string of the molecule is Nc1cc(Cl)c(NC(=O)CN2C(=O)CNC2=O)c(Cl)c1. The Morgan fingerprint density at radius 1 is 1.35 bits per heavy atom. The number of halogens is 2. The van der Waals surface area contributed by atoms with Crippen LogP contribution in [0.25, 0.3) is 0 Å². The largest absolute Gasteiger partial charge is 0.399 e. The average molecular weight is 317 g/mol. The molecule has 1 aromatic carbocycles. The molecule has 9 heteroatoms. The van der Waals surface area contributed by atoms with Crippen molar-refractivity contribution in [1.29, 1.82) is 0 Å². The third-order valence-electron chi connectivity index (χ3n) is 2.57. The molecular weight excluding hydrogens is 307 g/mol. The minimum absolute atomic E-state index is 0.116. The minimum Gasteiger partial charge on any atom is -0.399 e. The third-order valence-corrected chi connectivity index (χ3v) is 3.16. The van der Waals surface area contributed by atoms with Crippen LogP contribution >= 0.6 is 23.2 Å². The smallest absolute Gasteiger partial charge is 0.325 e. The van der Waals surface area contributed by atoms with E-state index in [-0.39, 0.29) is 22.3 Å². The first-order valence-corrected chi connectivity index (χ1v) is 6.26. The number of nitrogen functional groups attached to an aromatic ring is 1. The van der Waals surface area contributed by atoms with E-state index < -0.39 is 24.4 Å². The van der Waals surface area contributed by atoms with Crippen molar-refractivity contribution in [2.24, 2.45) is 0 Å². The highest BCUT2D eigenvalue weighted by molar-refractivity contribution is 6.40. The summed E-state index contributed by atoms with van der Waals surface area (Å²) in [7, 11) is 0. The molecule has 4 amide bonds. The number of amides is 4. The van der Waals surface area contributed by atoms with Crippen molar-refractivity contribution in [3.05, 3.63) is 22.2 Å². The Bertz CT molecular complexity index is 566. The van der Waals surface area contributed by atoms with Gasteiger partial charge < -0.3 is 16.4 Å². The number of urea groups is 1. The van der Waals surface area contributed by atoms with Crippen molar-refractivity contribution in [3.63, 3.8) is 0 Å². The summed E-state index contributed by atoms with van der Waals surface area (Å²) in [4.78, 5) is 35.3. The summed E-state index contributed by atoms with van der Waals surface area (Å²) in [6.07, 6.45) is 0. The van der Waals surface area contributed by atoms with Gasteiger partial charge in [-0.3, -0.25) is 14.5 Å². The fourth-order valence-corrected chi connectivity index (χ4v) is 2.25. The van der Waals surface area contributed by atoms with Gasteiger partial charge in [-0.15, -0.1) is 0 Å². The zero-order valence-corrected chi connectivity index (χ0v) is 11.6. The summed E-state index contributed by atoms with van der Waals surface area (Å²) in [5, 5.41) is 5.08. The van der Waals surface area contributed by atoms with E-state index in [1.54, 1.807) is 0 Å². The van der Waals surface area contributed by atoms with Gasteiger partial charge in [-0.05, 0) is 12.1 Å². The van der Waals surface area contributed by atoms with Gasteiger partial charge >= 0.3 is 6.03 Å². The summed E-state index contributed by atoms with van der Waals surface area (Å²) >= 11 is 11.8. The maximum atomic E-state index is 11.8. The normalized spacial score (nSPS) is 14.4. The van der Waals surface area contributed by atoms with Crippen LogP contribution < -0.4 is 16.4 Å². The van der Waals surface area contributed by atoms with Gasteiger partial charge in [-0.1, -0.05) is 23.2 Å². The zero-order chi connectivity index (χ0) is 14.9. The molecule has 1 heterocycles. The molecule has 2 rings (SSSR count). The van der Waals surface area contributed by atoms with Gasteiger partial charge in [-0.2, -0.15) is 0 Å². The lowest BCUT2D eigenvalue weighted by Gasteiger charge is -2.14. The number of rotatable bonds is 3. The molecule has 20 heavy (non-hydrogen) atoms. The molecule has 0 atom stereocenters. The summed E-state index contributed by atoms with van der Waals surface area (Å²) in [5.41, 5.74) is 6.07. The molecule has 4 N–H and O–H groups in total. The number of benzene rings is 1. The van der Waals surface area contributed by atoms with Gasteiger partial charge in [0.25, 0.3) is 5.91 Å². The Morgan fingerprint density at radius 2 is 1.95 bits per heavy atom. The van der Waals surface area contributed by atoms with Crippen LogP contribution in [-0.4, -0.2) is 35.8 Å². The molecule has 0 aromatic heterocycles. The van der Waals surface area contributed by atoms with Gasteiger partial charge in [0.05, 0.1) is 22.3 Å². The fourth-order valence-electron chi connectivity index (χ4n) is 1.65. The van der Waals surface area contributed by atoms with Crippen molar-refractivity contribution in [2.75, 3.05) is 24.1 Å². The van der Waals surface area contributed by atoms with Gasteiger partial charge in [-0.25, -0.2) is 4.79 Å². The van der Waals surface area contributed by atoms with Crippen LogP contribution in [0.1, 0.15) is 0 Å². The number of hydrogen-bond donors (Lipinski definition) is 3. The molecule has 106 valence electrons. The van der Waals surface area contributed by atoms with Crippen LogP contribution in [0, 0.1) is 0 Å². The van der Waals surface area contributed by atoms with Crippen LogP contribution in [0.15, 0.2) is 12.1 Å².